The average Bonchev–Trinajstić information content (AvgIpc) is 3.46. The highest BCUT2D eigenvalue weighted by molar-refractivity contribution is 5.92. The van der Waals surface area contributed by atoms with Gasteiger partial charge in [0.25, 0.3) is 5.91 Å². The lowest BCUT2D eigenvalue weighted by Gasteiger charge is -2.32. The van der Waals surface area contributed by atoms with Crippen LogP contribution in [-0.2, 0) is 31.5 Å². The number of benzene rings is 1. The molecule has 4 heterocycles. The lowest BCUT2D eigenvalue weighted by atomic mass is 10.0. The Hall–Kier alpha value is -3.24. The molecule has 1 amide bonds. The van der Waals surface area contributed by atoms with Crippen molar-refractivity contribution in [1.29, 1.82) is 0 Å². The van der Waals surface area contributed by atoms with Crippen molar-refractivity contribution in [1.82, 2.24) is 35.0 Å². The van der Waals surface area contributed by atoms with Crippen molar-refractivity contribution in [2.75, 3.05) is 20.2 Å². The summed E-state index contributed by atoms with van der Waals surface area (Å²) >= 11 is 0. The van der Waals surface area contributed by atoms with Crippen molar-refractivity contribution in [2.45, 2.75) is 44.7 Å². The lowest BCUT2D eigenvalue weighted by Crippen LogP contribution is -2.44. The lowest BCUT2D eigenvalue weighted by molar-refractivity contribution is -0.00218. The molecule has 5 rings (SSSR count). The largest absolute Gasteiger partial charge is 0.497 e. The molecule has 1 aromatic carbocycles. The van der Waals surface area contributed by atoms with E-state index in [9.17, 15) is 4.79 Å². The normalized spacial score (nSPS) is 19.3. The van der Waals surface area contributed by atoms with E-state index in [0.29, 0.717) is 18.8 Å². The van der Waals surface area contributed by atoms with Crippen LogP contribution in [0.4, 0.5) is 0 Å². The minimum Gasteiger partial charge on any atom is -0.497 e. The average molecular weight is 452 g/mol. The Morgan fingerprint density at radius 1 is 1.21 bits per heavy atom. The number of amides is 1. The molecule has 0 bridgehead atoms. The minimum absolute atomic E-state index is 0.0447. The molecular formula is C23H29N7O3. The smallest absolute Gasteiger partial charge is 0.269 e. The second kappa shape index (κ2) is 9.32. The first-order valence-corrected chi connectivity index (χ1v) is 11.3. The highest BCUT2D eigenvalue weighted by Crippen LogP contribution is 2.28. The van der Waals surface area contributed by atoms with Crippen LogP contribution >= 0.6 is 0 Å². The molecule has 0 saturated carbocycles. The van der Waals surface area contributed by atoms with Crippen molar-refractivity contribution in [3.63, 3.8) is 0 Å². The Balaban J connectivity index is 1.14. The van der Waals surface area contributed by atoms with Gasteiger partial charge in [-0.2, -0.15) is 5.10 Å². The van der Waals surface area contributed by atoms with Gasteiger partial charge >= 0.3 is 0 Å². The van der Waals surface area contributed by atoms with E-state index < -0.39 is 0 Å². The van der Waals surface area contributed by atoms with E-state index in [1.54, 1.807) is 31.1 Å². The Kier molecular flexibility index (Phi) is 6.10. The second-order valence-corrected chi connectivity index (χ2v) is 8.60. The van der Waals surface area contributed by atoms with Gasteiger partial charge in [0.05, 0.1) is 26.0 Å². The van der Waals surface area contributed by atoms with Gasteiger partial charge in [-0.05, 0) is 36.6 Å². The van der Waals surface area contributed by atoms with Gasteiger partial charge in [-0.25, -0.2) is 4.68 Å². The van der Waals surface area contributed by atoms with E-state index in [4.69, 9.17) is 9.47 Å². The molecule has 10 nitrogen and oxygen atoms in total. The molecule has 3 aromatic rings. The molecular weight excluding hydrogens is 422 g/mol. The van der Waals surface area contributed by atoms with Gasteiger partial charge in [-0.3, -0.25) is 14.4 Å². The molecule has 2 aromatic heterocycles. The third kappa shape index (κ3) is 4.62. The number of aryl methyl sites for hydroxylation is 1. The van der Waals surface area contributed by atoms with E-state index in [1.165, 1.54) is 0 Å². The number of methoxy groups -OCH3 is 1. The summed E-state index contributed by atoms with van der Waals surface area (Å²) in [7, 11) is 3.44. The zero-order valence-electron chi connectivity index (χ0n) is 19.0. The fourth-order valence-electron chi connectivity index (χ4n) is 4.51. The van der Waals surface area contributed by atoms with Crippen LogP contribution in [0.25, 0.3) is 0 Å². The summed E-state index contributed by atoms with van der Waals surface area (Å²) in [6.45, 7) is 3.69. The molecule has 0 aliphatic carbocycles. The molecule has 2 aliphatic rings. The van der Waals surface area contributed by atoms with E-state index in [2.05, 4.69) is 25.6 Å². The number of nitrogens with zero attached hydrogens (tertiary/aromatic N) is 6. The molecule has 1 atom stereocenters. The minimum atomic E-state index is -0.0654. The molecule has 33 heavy (non-hydrogen) atoms. The van der Waals surface area contributed by atoms with Crippen LogP contribution in [-0.4, -0.2) is 61.8 Å². The Bertz CT molecular complexity index is 1100. The van der Waals surface area contributed by atoms with Crippen molar-refractivity contribution in [3.05, 3.63) is 59.2 Å². The van der Waals surface area contributed by atoms with Gasteiger partial charge in [-0.15, -0.1) is 5.10 Å². The predicted octanol–water partition coefficient (Wildman–Crippen LogP) is 1.69. The van der Waals surface area contributed by atoms with Crippen molar-refractivity contribution < 1.29 is 14.3 Å². The molecule has 1 saturated heterocycles. The fraction of sp³-hybridized carbons (Fsp3) is 0.478. The SMILES string of the molecule is COc1ccc([C@H]2Cn3nnc(CN4CCC(NC(=O)c5ccnn5C)CC4)c3CO2)cc1. The first kappa shape index (κ1) is 21.6. The number of fused-ring (bicyclic) bond motifs is 1. The molecule has 0 radical (unpaired) electrons. The molecule has 0 spiro atoms. The number of carbonyl (C=O) groups excluding carboxylic acids is 1. The van der Waals surface area contributed by atoms with E-state index in [0.717, 1.165) is 55.2 Å². The summed E-state index contributed by atoms with van der Waals surface area (Å²) < 4.78 is 14.9. The summed E-state index contributed by atoms with van der Waals surface area (Å²) in [5.41, 5.74) is 3.71. The number of ether oxygens (including phenoxy) is 2. The molecule has 1 N–H and O–H groups in total. The van der Waals surface area contributed by atoms with Crippen molar-refractivity contribution in [3.8, 4) is 5.75 Å². The van der Waals surface area contributed by atoms with Gasteiger partial charge in [0.15, 0.2) is 0 Å². The van der Waals surface area contributed by atoms with Crippen LogP contribution < -0.4 is 10.1 Å². The maximum Gasteiger partial charge on any atom is 0.269 e. The van der Waals surface area contributed by atoms with Gasteiger partial charge < -0.3 is 14.8 Å². The Morgan fingerprint density at radius 2 is 2.00 bits per heavy atom. The maximum atomic E-state index is 12.4. The number of nitrogens with one attached hydrogen (secondary N) is 1. The highest BCUT2D eigenvalue weighted by atomic mass is 16.5. The van der Waals surface area contributed by atoms with Gasteiger partial charge in [0, 0.05) is 38.9 Å². The number of rotatable bonds is 6. The molecule has 0 unspecified atom stereocenters. The molecule has 10 heteroatoms. The zero-order chi connectivity index (χ0) is 22.8. The number of carbonyl (C=O) groups is 1. The van der Waals surface area contributed by atoms with Crippen LogP contribution in [0.5, 0.6) is 5.75 Å². The van der Waals surface area contributed by atoms with Gasteiger partial charge in [-0.1, -0.05) is 17.3 Å². The highest BCUT2D eigenvalue weighted by Gasteiger charge is 2.27. The Labute approximate surface area is 192 Å². The summed E-state index contributed by atoms with van der Waals surface area (Å²) in [5, 5.41) is 16.0. The molecule has 2 aliphatic heterocycles. The topological polar surface area (TPSA) is 99.3 Å². The van der Waals surface area contributed by atoms with Crippen LogP contribution in [0.15, 0.2) is 36.5 Å². The quantitative estimate of drug-likeness (QED) is 0.609. The monoisotopic (exact) mass is 451 g/mol. The standard InChI is InChI=1S/C23H29N7O3/c1-28-20(7-10-24-28)23(31)25-17-8-11-29(12-9-17)13-19-21-15-33-22(14-30(21)27-26-19)16-3-5-18(32-2)6-4-16/h3-7,10,17,22H,8-9,11-15H2,1-2H3,(H,25,31)/t22-/m1/s1. The predicted molar refractivity (Wildman–Crippen MR) is 120 cm³/mol. The van der Waals surface area contributed by atoms with Crippen LogP contribution in [0.3, 0.4) is 0 Å². The van der Waals surface area contributed by atoms with Gasteiger partial charge in [0.2, 0.25) is 0 Å². The summed E-state index contributed by atoms with van der Waals surface area (Å²) in [4.78, 5) is 14.8. The first-order chi connectivity index (χ1) is 16.1. The number of likely N-dealkylation sites (tertiary alicyclic amines) is 1. The fourth-order valence-corrected chi connectivity index (χ4v) is 4.51. The van der Waals surface area contributed by atoms with E-state index in [1.807, 2.05) is 28.9 Å². The second-order valence-electron chi connectivity index (χ2n) is 8.60. The number of hydrogen-bond acceptors (Lipinski definition) is 7. The van der Waals surface area contributed by atoms with Crippen LogP contribution in [0.1, 0.15) is 46.4 Å². The van der Waals surface area contributed by atoms with Crippen LogP contribution in [0.2, 0.25) is 0 Å². The third-order valence-electron chi connectivity index (χ3n) is 6.52. The summed E-state index contributed by atoms with van der Waals surface area (Å²) in [6.07, 6.45) is 3.41. The zero-order valence-corrected chi connectivity index (χ0v) is 19.0. The summed E-state index contributed by atoms with van der Waals surface area (Å²) in [5.74, 6) is 0.767. The van der Waals surface area contributed by atoms with E-state index >= 15 is 0 Å². The van der Waals surface area contributed by atoms with Crippen LogP contribution in [0, 0.1) is 0 Å². The maximum absolute atomic E-state index is 12.4. The summed E-state index contributed by atoms with van der Waals surface area (Å²) in [6, 6.07) is 9.87. The van der Waals surface area contributed by atoms with Crippen molar-refractivity contribution in [2.24, 2.45) is 7.05 Å². The molecule has 174 valence electrons. The Morgan fingerprint density at radius 3 is 2.70 bits per heavy atom. The number of hydrogen-bond donors (Lipinski definition) is 1. The third-order valence-corrected chi connectivity index (χ3v) is 6.52. The number of aromatic nitrogens is 5. The van der Waals surface area contributed by atoms with E-state index in [-0.39, 0.29) is 18.1 Å². The number of piperidine rings is 1. The van der Waals surface area contributed by atoms with Gasteiger partial charge in [0.1, 0.15) is 23.2 Å². The molecule has 1 fully saturated rings. The van der Waals surface area contributed by atoms with Crippen molar-refractivity contribution >= 4 is 5.91 Å². The first-order valence-electron chi connectivity index (χ1n) is 11.3.